The fourth-order valence-corrected chi connectivity index (χ4v) is 2.33. The molecule has 0 aromatic heterocycles. The van der Waals surface area contributed by atoms with Crippen molar-refractivity contribution in [2.24, 2.45) is 0 Å². The van der Waals surface area contributed by atoms with Crippen LogP contribution in [0.1, 0.15) is 30.5 Å². The molecule has 0 saturated carbocycles. The van der Waals surface area contributed by atoms with Crippen LogP contribution in [0, 0.1) is 18.3 Å². The van der Waals surface area contributed by atoms with Crippen LogP contribution in [0.3, 0.4) is 0 Å². The molecule has 0 amide bonds. The van der Waals surface area contributed by atoms with Crippen molar-refractivity contribution in [2.45, 2.75) is 26.2 Å². The summed E-state index contributed by atoms with van der Waals surface area (Å²) in [6, 6.07) is 7.06. The number of carbonyl (C=O) groups excluding carboxylic acids is 2. The summed E-state index contributed by atoms with van der Waals surface area (Å²) in [5.74, 6) is -1.51. The summed E-state index contributed by atoms with van der Waals surface area (Å²) in [5, 5.41) is 19.5. The summed E-state index contributed by atoms with van der Waals surface area (Å²) in [6.07, 6.45) is 0. The minimum Gasteiger partial charge on any atom is -0.506 e. The second kappa shape index (κ2) is 4.06. The van der Waals surface area contributed by atoms with Gasteiger partial charge in [0.25, 0.3) is 0 Å². The smallest absolute Gasteiger partial charge is 0.194 e. The third kappa shape index (κ3) is 1.66. The Labute approximate surface area is 111 Å². The number of ketones is 2. The van der Waals surface area contributed by atoms with E-state index in [0.29, 0.717) is 11.1 Å². The highest BCUT2D eigenvalue weighted by molar-refractivity contribution is 6.29. The molecular weight excluding hydrogens is 242 g/mol. The highest BCUT2D eigenvalue weighted by atomic mass is 16.3. The minimum atomic E-state index is -1.44. The Morgan fingerprint density at radius 3 is 2.58 bits per heavy atom. The molecule has 0 radical (unpaired) electrons. The SMILES string of the molecule is CC(=O)C1=C(O)c2ccc(C)cc2C(C)(C#N)C1=O. The van der Waals surface area contributed by atoms with Crippen molar-refractivity contribution >= 4 is 17.3 Å². The van der Waals surface area contributed by atoms with Crippen molar-refractivity contribution in [1.82, 2.24) is 0 Å². The van der Waals surface area contributed by atoms with E-state index in [2.05, 4.69) is 0 Å². The number of fused-ring (bicyclic) bond motifs is 1. The van der Waals surface area contributed by atoms with Gasteiger partial charge in [0, 0.05) is 5.56 Å². The first-order chi connectivity index (χ1) is 8.82. The van der Waals surface area contributed by atoms with Gasteiger partial charge in [0.1, 0.15) is 16.7 Å². The molecule has 1 atom stereocenters. The first-order valence-electron chi connectivity index (χ1n) is 5.84. The van der Waals surface area contributed by atoms with Crippen molar-refractivity contribution in [3.05, 3.63) is 40.5 Å². The lowest BCUT2D eigenvalue weighted by molar-refractivity contribution is -0.122. The van der Waals surface area contributed by atoms with Crippen molar-refractivity contribution in [2.75, 3.05) is 0 Å². The number of carbonyl (C=O) groups is 2. The second-order valence-corrected chi connectivity index (χ2v) is 4.89. The zero-order valence-electron chi connectivity index (χ0n) is 10.9. The number of nitriles is 1. The summed E-state index contributed by atoms with van der Waals surface area (Å²) in [5.41, 5.74) is -0.0244. The molecule has 1 N–H and O–H groups in total. The molecule has 96 valence electrons. The molecule has 0 heterocycles. The first-order valence-corrected chi connectivity index (χ1v) is 5.84. The standard InChI is InChI=1S/C15H13NO3/c1-8-4-5-10-11(6-8)15(3,7-16)14(19)12(9(2)17)13(10)18/h4-6,18H,1-3H3. The third-order valence-corrected chi connectivity index (χ3v) is 3.46. The predicted molar refractivity (Wildman–Crippen MR) is 69.4 cm³/mol. The Hall–Kier alpha value is -2.41. The van der Waals surface area contributed by atoms with Crippen LogP contribution in [-0.4, -0.2) is 16.7 Å². The lowest BCUT2D eigenvalue weighted by Gasteiger charge is -2.29. The molecule has 2 rings (SSSR count). The van der Waals surface area contributed by atoms with Crippen molar-refractivity contribution < 1.29 is 14.7 Å². The van der Waals surface area contributed by atoms with Gasteiger partial charge >= 0.3 is 0 Å². The number of aryl methyl sites for hydroxylation is 1. The molecule has 1 aliphatic rings. The number of rotatable bonds is 1. The van der Waals surface area contributed by atoms with Gasteiger partial charge in [-0.15, -0.1) is 0 Å². The molecule has 4 heteroatoms. The van der Waals surface area contributed by atoms with E-state index in [-0.39, 0.29) is 11.3 Å². The number of nitrogens with zero attached hydrogens (tertiary/aromatic N) is 1. The molecule has 1 aliphatic carbocycles. The van der Waals surface area contributed by atoms with Crippen LogP contribution in [0.15, 0.2) is 23.8 Å². The van der Waals surface area contributed by atoms with E-state index >= 15 is 0 Å². The number of allylic oxidation sites excluding steroid dienone is 1. The number of Topliss-reactive ketones (excluding diaryl/α,β-unsaturated/α-hetero) is 2. The minimum absolute atomic E-state index is 0.291. The third-order valence-electron chi connectivity index (χ3n) is 3.46. The molecule has 0 aliphatic heterocycles. The van der Waals surface area contributed by atoms with Crippen LogP contribution in [0.4, 0.5) is 0 Å². The average molecular weight is 255 g/mol. The monoisotopic (exact) mass is 255 g/mol. The normalized spacial score (nSPS) is 21.9. The Bertz CT molecular complexity index is 679. The van der Waals surface area contributed by atoms with Gasteiger partial charge in [0.05, 0.1) is 6.07 Å². The lowest BCUT2D eigenvalue weighted by Crippen LogP contribution is -2.38. The first kappa shape index (κ1) is 13.0. The molecule has 0 saturated heterocycles. The Kier molecular flexibility index (Phi) is 2.78. The lowest BCUT2D eigenvalue weighted by atomic mass is 9.69. The van der Waals surface area contributed by atoms with Crippen LogP contribution in [0.25, 0.3) is 5.76 Å². The van der Waals surface area contributed by atoms with Crippen molar-refractivity contribution in [1.29, 1.82) is 5.26 Å². The van der Waals surface area contributed by atoms with E-state index in [1.54, 1.807) is 18.2 Å². The van der Waals surface area contributed by atoms with Crippen LogP contribution in [0.5, 0.6) is 0 Å². The fourth-order valence-electron chi connectivity index (χ4n) is 2.33. The van der Waals surface area contributed by atoms with Crippen LogP contribution in [0.2, 0.25) is 0 Å². The zero-order valence-corrected chi connectivity index (χ0v) is 10.9. The molecule has 19 heavy (non-hydrogen) atoms. The number of aliphatic hydroxyl groups is 1. The number of hydrogen-bond acceptors (Lipinski definition) is 4. The topological polar surface area (TPSA) is 78.2 Å². The van der Waals surface area contributed by atoms with Crippen molar-refractivity contribution in [3.63, 3.8) is 0 Å². The number of hydrogen-bond donors (Lipinski definition) is 1. The quantitative estimate of drug-likeness (QED) is 0.780. The molecule has 4 nitrogen and oxygen atoms in total. The zero-order chi connectivity index (χ0) is 14.4. The molecule has 1 aromatic carbocycles. The van der Waals surface area contributed by atoms with Gasteiger partial charge in [-0.2, -0.15) is 5.26 Å². The molecule has 0 spiro atoms. The summed E-state index contributed by atoms with van der Waals surface area (Å²) in [7, 11) is 0. The highest BCUT2D eigenvalue weighted by Gasteiger charge is 2.45. The van der Waals surface area contributed by atoms with E-state index in [4.69, 9.17) is 0 Å². The van der Waals surface area contributed by atoms with Gasteiger partial charge in [-0.05, 0) is 26.3 Å². The molecule has 1 unspecified atom stereocenters. The molecule has 1 aromatic rings. The van der Waals surface area contributed by atoms with Crippen LogP contribution >= 0.6 is 0 Å². The van der Waals surface area contributed by atoms with E-state index in [0.717, 1.165) is 5.56 Å². The molecule has 0 fully saturated rings. The van der Waals surface area contributed by atoms with Gasteiger partial charge in [-0.25, -0.2) is 0 Å². The maximum Gasteiger partial charge on any atom is 0.194 e. The fraction of sp³-hybridized carbons (Fsp3) is 0.267. The Balaban J connectivity index is 2.90. The predicted octanol–water partition coefficient (Wildman–Crippen LogP) is 2.22. The van der Waals surface area contributed by atoms with Gasteiger partial charge in [-0.1, -0.05) is 23.8 Å². The van der Waals surface area contributed by atoms with Crippen LogP contribution < -0.4 is 0 Å². The van der Waals surface area contributed by atoms with Gasteiger partial charge < -0.3 is 5.11 Å². The van der Waals surface area contributed by atoms with E-state index in [9.17, 15) is 20.0 Å². The van der Waals surface area contributed by atoms with Gasteiger partial charge in [0.2, 0.25) is 0 Å². The molecule has 0 bridgehead atoms. The molecular formula is C15H13NO3. The Morgan fingerprint density at radius 2 is 2.05 bits per heavy atom. The second-order valence-electron chi connectivity index (χ2n) is 4.89. The highest BCUT2D eigenvalue weighted by Crippen LogP contribution is 2.39. The van der Waals surface area contributed by atoms with E-state index in [1.807, 2.05) is 13.0 Å². The van der Waals surface area contributed by atoms with E-state index in [1.165, 1.54) is 13.8 Å². The summed E-state index contributed by atoms with van der Waals surface area (Å²) in [6.45, 7) is 4.52. The Morgan fingerprint density at radius 1 is 1.42 bits per heavy atom. The maximum absolute atomic E-state index is 12.3. The van der Waals surface area contributed by atoms with Crippen LogP contribution in [-0.2, 0) is 15.0 Å². The van der Waals surface area contributed by atoms with Gasteiger partial charge in [-0.3, -0.25) is 9.59 Å². The average Bonchev–Trinajstić information content (AvgIpc) is 2.35. The maximum atomic E-state index is 12.3. The van der Waals surface area contributed by atoms with Crippen molar-refractivity contribution in [3.8, 4) is 6.07 Å². The number of benzene rings is 1. The largest absolute Gasteiger partial charge is 0.506 e. The summed E-state index contributed by atoms with van der Waals surface area (Å²) >= 11 is 0. The summed E-state index contributed by atoms with van der Waals surface area (Å²) < 4.78 is 0. The summed E-state index contributed by atoms with van der Waals surface area (Å²) in [4.78, 5) is 23.9. The van der Waals surface area contributed by atoms with E-state index < -0.39 is 17.0 Å². The van der Waals surface area contributed by atoms with Gasteiger partial charge in [0.15, 0.2) is 11.6 Å². The number of aliphatic hydroxyl groups excluding tert-OH is 1.